The van der Waals surface area contributed by atoms with E-state index >= 15 is 0 Å². The highest BCUT2D eigenvalue weighted by Crippen LogP contribution is 2.32. The minimum absolute atomic E-state index is 0.0268. The second kappa shape index (κ2) is 9.80. The van der Waals surface area contributed by atoms with E-state index in [-0.39, 0.29) is 24.5 Å². The van der Waals surface area contributed by atoms with E-state index in [9.17, 15) is 22.4 Å². The molecule has 1 aliphatic carbocycles. The van der Waals surface area contributed by atoms with Gasteiger partial charge in [0.2, 0.25) is 5.91 Å². The molecule has 0 unspecified atom stereocenters. The van der Waals surface area contributed by atoms with Crippen molar-refractivity contribution in [2.24, 2.45) is 0 Å². The molecule has 2 aromatic rings. The first-order chi connectivity index (χ1) is 14.6. The summed E-state index contributed by atoms with van der Waals surface area (Å²) in [5, 5.41) is 6.80. The molecule has 0 saturated heterocycles. The van der Waals surface area contributed by atoms with Crippen LogP contribution in [0.1, 0.15) is 24.8 Å². The molecule has 168 valence electrons. The zero-order chi connectivity index (χ0) is 22.6. The Morgan fingerprint density at radius 2 is 2.06 bits per heavy atom. The quantitative estimate of drug-likeness (QED) is 0.565. The first-order valence-electron chi connectivity index (χ1n) is 9.42. The number of nitrogens with one attached hydrogen (secondary N) is 1. The number of hydrogen-bond acceptors (Lipinski definition) is 4. The third-order valence-corrected chi connectivity index (χ3v) is 4.94. The Kier molecular flexibility index (Phi) is 7.34. The van der Waals surface area contributed by atoms with Crippen LogP contribution in [0, 0.1) is 5.82 Å². The van der Waals surface area contributed by atoms with E-state index < -0.39 is 30.3 Å². The summed E-state index contributed by atoms with van der Waals surface area (Å²) in [6.07, 6.45) is -1.50. The average molecular weight is 462 g/mol. The third kappa shape index (κ3) is 7.05. The Bertz CT molecular complexity index is 942. The zero-order valence-corrected chi connectivity index (χ0v) is 17.0. The molecule has 1 saturated carbocycles. The monoisotopic (exact) mass is 461 g/mol. The second-order valence-corrected chi connectivity index (χ2v) is 7.54. The Hall–Kier alpha value is -2.43. The fourth-order valence-corrected chi connectivity index (χ4v) is 3.10. The van der Waals surface area contributed by atoms with Crippen molar-refractivity contribution < 1.29 is 31.8 Å². The number of amides is 1. The number of carbonyl (C=O) groups excluding carboxylic acids is 1. The van der Waals surface area contributed by atoms with E-state index in [1.807, 2.05) is 0 Å². The third-order valence-electron chi connectivity index (χ3n) is 4.64. The lowest BCUT2D eigenvalue weighted by atomic mass is 9.92. The van der Waals surface area contributed by atoms with E-state index in [2.05, 4.69) is 21.7 Å². The maximum atomic E-state index is 13.6. The summed E-state index contributed by atoms with van der Waals surface area (Å²) >= 11 is 5.68. The Morgan fingerprint density at radius 1 is 1.32 bits per heavy atom. The standard InChI is InChI=1S/C20H20ClF4N3O3/c1-12(27-19(29)11-30-15-7-16(8-15)31-20(23,24)25)2-3-13-9-26-28(10-13)14-4-5-17(21)18(22)6-14/h4-6,9-10,15-16H,1-3,7-8,11H2,(H,27,29). The van der Waals surface area contributed by atoms with Gasteiger partial charge < -0.3 is 10.1 Å². The van der Waals surface area contributed by atoms with Gasteiger partial charge >= 0.3 is 6.36 Å². The van der Waals surface area contributed by atoms with Crippen molar-refractivity contribution in [3.05, 3.63) is 59.3 Å². The predicted octanol–water partition coefficient (Wildman–Crippen LogP) is 4.31. The molecule has 1 heterocycles. The van der Waals surface area contributed by atoms with Gasteiger partial charge in [-0.1, -0.05) is 18.2 Å². The number of allylic oxidation sites excluding steroid dienone is 1. The number of alkyl halides is 3. The van der Waals surface area contributed by atoms with Crippen LogP contribution in [0.15, 0.2) is 42.9 Å². The van der Waals surface area contributed by atoms with Crippen molar-refractivity contribution in [1.82, 2.24) is 15.1 Å². The van der Waals surface area contributed by atoms with Gasteiger partial charge in [-0.2, -0.15) is 5.10 Å². The average Bonchev–Trinajstić information content (AvgIpc) is 3.12. The summed E-state index contributed by atoms with van der Waals surface area (Å²) in [4.78, 5) is 11.9. The van der Waals surface area contributed by atoms with Crippen LogP contribution in [0.3, 0.4) is 0 Å². The molecule has 0 aliphatic heterocycles. The fraction of sp³-hybridized carbons (Fsp3) is 0.400. The molecule has 31 heavy (non-hydrogen) atoms. The fourth-order valence-electron chi connectivity index (χ4n) is 2.98. The van der Waals surface area contributed by atoms with Crippen molar-refractivity contribution in [2.45, 2.75) is 44.3 Å². The smallest absolute Gasteiger partial charge is 0.368 e. The Balaban J connectivity index is 1.35. The highest BCUT2D eigenvalue weighted by atomic mass is 35.5. The highest BCUT2D eigenvalue weighted by molar-refractivity contribution is 6.30. The van der Waals surface area contributed by atoms with Crippen LogP contribution in [0.25, 0.3) is 5.69 Å². The van der Waals surface area contributed by atoms with Gasteiger partial charge in [0.25, 0.3) is 0 Å². The number of carbonyl (C=O) groups is 1. The molecule has 0 spiro atoms. The number of hydrogen-bond donors (Lipinski definition) is 1. The lowest BCUT2D eigenvalue weighted by Crippen LogP contribution is -2.42. The predicted molar refractivity (Wildman–Crippen MR) is 104 cm³/mol. The van der Waals surface area contributed by atoms with Crippen LogP contribution in [0.2, 0.25) is 5.02 Å². The van der Waals surface area contributed by atoms with Crippen LogP contribution in [-0.4, -0.2) is 40.9 Å². The minimum Gasteiger partial charge on any atom is -0.368 e. The summed E-state index contributed by atoms with van der Waals surface area (Å²) in [5.74, 6) is -0.975. The molecule has 1 aromatic heterocycles. The number of aromatic nitrogens is 2. The molecule has 6 nitrogen and oxygen atoms in total. The van der Waals surface area contributed by atoms with Crippen LogP contribution in [0.5, 0.6) is 0 Å². The van der Waals surface area contributed by atoms with Crippen LogP contribution >= 0.6 is 11.6 Å². The van der Waals surface area contributed by atoms with Gasteiger partial charge in [-0.25, -0.2) is 9.07 Å². The van der Waals surface area contributed by atoms with E-state index in [1.54, 1.807) is 18.5 Å². The van der Waals surface area contributed by atoms with Crippen molar-refractivity contribution in [2.75, 3.05) is 6.61 Å². The van der Waals surface area contributed by atoms with Gasteiger partial charge in [0.15, 0.2) is 0 Å². The first-order valence-corrected chi connectivity index (χ1v) is 9.79. The van der Waals surface area contributed by atoms with Crippen molar-refractivity contribution in [3.8, 4) is 5.69 Å². The molecule has 3 rings (SSSR count). The van der Waals surface area contributed by atoms with Crippen molar-refractivity contribution in [1.29, 1.82) is 0 Å². The highest BCUT2D eigenvalue weighted by Gasteiger charge is 2.40. The normalized spacial score (nSPS) is 18.5. The molecular weight excluding hydrogens is 442 g/mol. The molecular formula is C20H20ClF4N3O3. The zero-order valence-electron chi connectivity index (χ0n) is 16.3. The summed E-state index contributed by atoms with van der Waals surface area (Å²) in [6, 6.07) is 4.36. The summed E-state index contributed by atoms with van der Waals surface area (Å²) in [7, 11) is 0. The minimum atomic E-state index is -4.66. The van der Waals surface area contributed by atoms with Crippen LogP contribution < -0.4 is 5.32 Å². The number of ether oxygens (including phenoxy) is 2. The number of aryl methyl sites for hydroxylation is 1. The first kappa shape index (κ1) is 23.2. The van der Waals surface area contributed by atoms with E-state index in [4.69, 9.17) is 16.3 Å². The summed E-state index contributed by atoms with van der Waals surface area (Å²) in [6.45, 7) is 3.51. The Morgan fingerprint density at radius 3 is 2.74 bits per heavy atom. The molecule has 1 aromatic carbocycles. The van der Waals surface area contributed by atoms with E-state index in [0.717, 1.165) is 5.56 Å². The maximum Gasteiger partial charge on any atom is 0.522 e. The molecule has 1 fully saturated rings. The van der Waals surface area contributed by atoms with Gasteiger partial charge in [-0.05, 0) is 30.5 Å². The molecule has 0 bridgehead atoms. The summed E-state index contributed by atoms with van der Waals surface area (Å²) in [5.41, 5.74) is 1.84. The van der Waals surface area contributed by atoms with E-state index in [1.165, 1.54) is 16.8 Å². The van der Waals surface area contributed by atoms with Gasteiger partial charge in [-0.3, -0.25) is 9.53 Å². The van der Waals surface area contributed by atoms with E-state index in [0.29, 0.717) is 24.2 Å². The van der Waals surface area contributed by atoms with Gasteiger partial charge in [0.05, 0.1) is 29.1 Å². The number of benzene rings is 1. The summed E-state index contributed by atoms with van der Waals surface area (Å²) < 4.78 is 60.4. The number of nitrogens with zero attached hydrogens (tertiary/aromatic N) is 2. The molecule has 11 heteroatoms. The van der Waals surface area contributed by atoms with Gasteiger partial charge in [-0.15, -0.1) is 13.2 Å². The van der Waals surface area contributed by atoms with Crippen LogP contribution in [-0.2, 0) is 20.7 Å². The van der Waals surface area contributed by atoms with Gasteiger partial charge in [0.1, 0.15) is 12.4 Å². The van der Waals surface area contributed by atoms with Gasteiger partial charge in [0, 0.05) is 30.8 Å². The van der Waals surface area contributed by atoms with Crippen molar-refractivity contribution >= 4 is 17.5 Å². The lowest BCUT2D eigenvalue weighted by molar-refractivity contribution is -0.357. The molecule has 1 aliphatic rings. The van der Waals surface area contributed by atoms with Crippen LogP contribution in [0.4, 0.5) is 17.6 Å². The molecule has 1 amide bonds. The molecule has 1 N–H and O–H groups in total. The largest absolute Gasteiger partial charge is 0.522 e. The topological polar surface area (TPSA) is 65.4 Å². The second-order valence-electron chi connectivity index (χ2n) is 7.13. The van der Waals surface area contributed by atoms with Crippen molar-refractivity contribution in [3.63, 3.8) is 0 Å². The molecule has 0 radical (unpaired) electrons. The maximum absolute atomic E-state index is 13.6. The molecule has 0 atom stereocenters. The number of halogens is 5. The Labute approximate surface area is 180 Å². The number of rotatable bonds is 9. The SMILES string of the molecule is C=C(CCc1cnn(-c2ccc(Cl)c(F)c2)c1)NC(=O)COC1CC(OC(F)(F)F)C1. The lowest BCUT2D eigenvalue weighted by Gasteiger charge is -2.34.